The highest BCUT2D eigenvalue weighted by atomic mass is 16.2. The zero-order valence-corrected chi connectivity index (χ0v) is 16.4. The van der Waals surface area contributed by atoms with Crippen LogP contribution in [0.25, 0.3) is 0 Å². The fraction of sp³-hybridized carbons (Fsp3) is 0.545. The lowest BCUT2D eigenvalue weighted by Gasteiger charge is -2.41. The Hall–Kier alpha value is -2.34. The number of nitrogens with one attached hydrogen (secondary N) is 2. The summed E-state index contributed by atoms with van der Waals surface area (Å²) in [7, 11) is 0. The average Bonchev–Trinajstić information content (AvgIpc) is 3.50. The Bertz CT molecular complexity index is 835. The molecule has 5 rings (SSSR count). The lowest BCUT2D eigenvalue weighted by atomic mass is 9.87. The van der Waals surface area contributed by atoms with Crippen molar-refractivity contribution in [1.29, 1.82) is 0 Å². The van der Waals surface area contributed by atoms with E-state index < -0.39 is 0 Å². The van der Waals surface area contributed by atoms with E-state index in [0.717, 1.165) is 44.0 Å². The molecule has 0 radical (unpaired) electrons. The van der Waals surface area contributed by atoms with Crippen LogP contribution in [-0.4, -0.2) is 58.2 Å². The predicted molar refractivity (Wildman–Crippen MR) is 108 cm³/mol. The molecule has 1 saturated heterocycles. The third kappa shape index (κ3) is 3.78. The number of aryl methyl sites for hydroxylation is 1. The fourth-order valence-corrected chi connectivity index (χ4v) is 4.62. The molecule has 0 spiro atoms. The van der Waals surface area contributed by atoms with Crippen LogP contribution in [0.15, 0.2) is 30.3 Å². The van der Waals surface area contributed by atoms with E-state index in [0.29, 0.717) is 18.5 Å². The highest BCUT2D eigenvalue weighted by Gasteiger charge is 2.29. The largest absolute Gasteiger partial charge is 0.332 e. The summed E-state index contributed by atoms with van der Waals surface area (Å²) in [5.41, 5.74) is 5.16. The monoisotopic (exact) mass is 379 g/mol. The van der Waals surface area contributed by atoms with E-state index in [1.165, 1.54) is 36.8 Å². The van der Waals surface area contributed by atoms with Gasteiger partial charge in [0.2, 0.25) is 0 Å². The Morgan fingerprint density at radius 1 is 1.11 bits per heavy atom. The molecule has 0 bridgehead atoms. The van der Waals surface area contributed by atoms with Gasteiger partial charge in [-0.25, -0.2) is 4.79 Å². The highest BCUT2D eigenvalue weighted by molar-refractivity contribution is 5.74. The molecule has 6 heteroatoms. The Morgan fingerprint density at radius 3 is 2.68 bits per heavy atom. The van der Waals surface area contributed by atoms with Crippen LogP contribution in [0, 0.1) is 0 Å². The van der Waals surface area contributed by atoms with Gasteiger partial charge in [0.05, 0.1) is 17.9 Å². The number of aromatic amines is 1. The molecule has 1 aromatic heterocycles. The molecule has 1 aromatic carbocycles. The first-order valence-corrected chi connectivity index (χ1v) is 10.6. The van der Waals surface area contributed by atoms with Crippen molar-refractivity contribution >= 4 is 6.03 Å². The van der Waals surface area contributed by atoms with Crippen LogP contribution >= 0.6 is 0 Å². The van der Waals surface area contributed by atoms with E-state index in [-0.39, 0.29) is 6.03 Å². The zero-order valence-electron chi connectivity index (χ0n) is 16.4. The topological polar surface area (TPSA) is 64.3 Å². The number of urea groups is 1. The number of hydrogen-bond donors (Lipinski definition) is 2. The molecule has 6 nitrogen and oxygen atoms in total. The quantitative estimate of drug-likeness (QED) is 0.858. The third-order valence-corrected chi connectivity index (χ3v) is 6.52. The summed E-state index contributed by atoms with van der Waals surface area (Å²) in [6.45, 7) is 4.07. The average molecular weight is 380 g/mol. The Balaban J connectivity index is 1.09. The van der Waals surface area contributed by atoms with Crippen molar-refractivity contribution in [3.8, 4) is 0 Å². The molecule has 28 heavy (non-hydrogen) atoms. The normalized spacial score (nSPS) is 22.7. The number of nitrogens with zero attached hydrogens (tertiary/aromatic N) is 3. The molecule has 2 N–H and O–H groups in total. The minimum absolute atomic E-state index is 0.0382. The maximum Gasteiger partial charge on any atom is 0.317 e. The minimum Gasteiger partial charge on any atom is -0.332 e. The lowest BCUT2D eigenvalue weighted by Crippen LogP contribution is -2.55. The first-order chi connectivity index (χ1) is 13.8. The van der Waals surface area contributed by atoms with E-state index >= 15 is 0 Å². The second kappa shape index (κ2) is 7.59. The maximum absolute atomic E-state index is 12.5. The molecule has 148 valence electrons. The van der Waals surface area contributed by atoms with Gasteiger partial charge in [0.25, 0.3) is 0 Å². The van der Waals surface area contributed by atoms with Crippen LogP contribution < -0.4 is 5.32 Å². The summed E-state index contributed by atoms with van der Waals surface area (Å²) >= 11 is 0. The molecule has 1 aliphatic heterocycles. The standard InChI is InChI=1S/C22H29N5O/c28-22(23-15-19-14-21(25-24-19)17-5-6-17)27-11-9-26(10-12-27)20-8-7-16-3-1-2-4-18(16)13-20/h1-4,14,17,20H,5-13,15H2,(H,23,28)(H,24,25)/t20-/m0/s1. The molecule has 0 unspecified atom stereocenters. The van der Waals surface area contributed by atoms with Gasteiger partial charge in [-0.3, -0.25) is 10.00 Å². The van der Waals surface area contributed by atoms with Crippen molar-refractivity contribution < 1.29 is 4.79 Å². The number of benzene rings is 1. The van der Waals surface area contributed by atoms with Crippen molar-refractivity contribution in [2.45, 2.75) is 50.6 Å². The van der Waals surface area contributed by atoms with Crippen LogP contribution in [-0.2, 0) is 19.4 Å². The van der Waals surface area contributed by atoms with E-state index in [2.05, 4.69) is 50.7 Å². The number of rotatable bonds is 4. The van der Waals surface area contributed by atoms with Gasteiger partial charge in [-0.1, -0.05) is 24.3 Å². The summed E-state index contributed by atoms with van der Waals surface area (Å²) in [5.74, 6) is 0.639. The third-order valence-electron chi connectivity index (χ3n) is 6.52. The van der Waals surface area contributed by atoms with Gasteiger partial charge in [-0.05, 0) is 49.3 Å². The molecular weight excluding hydrogens is 350 g/mol. The number of amides is 2. The van der Waals surface area contributed by atoms with Crippen molar-refractivity contribution in [2.24, 2.45) is 0 Å². The van der Waals surface area contributed by atoms with Gasteiger partial charge in [-0.15, -0.1) is 0 Å². The summed E-state index contributed by atoms with van der Waals surface area (Å²) in [5, 5.41) is 10.4. The molecule has 1 atom stereocenters. The van der Waals surface area contributed by atoms with E-state index in [1.54, 1.807) is 0 Å². The summed E-state index contributed by atoms with van der Waals surface area (Å²) in [6.07, 6.45) is 6.04. The number of carbonyl (C=O) groups excluding carboxylic acids is 1. The van der Waals surface area contributed by atoms with Crippen LogP contribution in [0.3, 0.4) is 0 Å². The zero-order chi connectivity index (χ0) is 18.9. The molecule has 2 amide bonds. The highest BCUT2D eigenvalue weighted by Crippen LogP contribution is 2.38. The first-order valence-electron chi connectivity index (χ1n) is 10.6. The van der Waals surface area contributed by atoms with Gasteiger partial charge < -0.3 is 10.2 Å². The van der Waals surface area contributed by atoms with E-state index in [4.69, 9.17) is 0 Å². The van der Waals surface area contributed by atoms with Gasteiger partial charge >= 0.3 is 6.03 Å². The van der Waals surface area contributed by atoms with Gasteiger partial charge in [-0.2, -0.15) is 5.10 Å². The SMILES string of the molecule is O=C(NCc1cc(C2CC2)n[nH]1)N1CCN([C@H]2CCc3ccccc3C2)CC1. The van der Waals surface area contributed by atoms with E-state index in [9.17, 15) is 4.79 Å². The van der Waals surface area contributed by atoms with Crippen molar-refractivity contribution in [3.63, 3.8) is 0 Å². The minimum atomic E-state index is 0.0382. The van der Waals surface area contributed by atoms with Gasteiger partial charge in [0, 0.05) is 38.1 Å². The Morgan fingerprint density at radius 2 is 1.89 bits per heavy atom. The number of H-pyrrole nitrogens is 1. The lowest BCUT2D eigenvalue weighted by molar-refractivity contribution is 0.101. The smallest absolute Gasteiger partial charge is 0.317 e. The van der Waals surface area contributed by atoms with Crippen molar-refractivity contribution in [1.82, 2.24) is 25.3 Å². The second-order valence-electron chi connectivity index (χ2n) is 8.44. The van der Waals surface area contributed by atoms with Crippen LogP contribution in [0.1, 0.15) is 47.7 Å². The van der Waals surface area contributed by atoms with Crippen LogP contribution in [0.4, 0.5) is 4.79 Å². The number of piperazine rings is 1. The van der Waals surface area contributed by atoms with Crippen molar-refractivity contribution in [3.05, 3.63) is 52.8 Å². The van der Waals surface area contributed by atoms with Crippen molar-refractivity contribution in [2.75, 3.05) is 26.2 Å². The van der Waals surface area contributed by atoms with Crippen LogP contribution in [0.2, 0.25) is 0 Å². The summed E-state index contributed by atoms with van der Waals surface area (Å²) in [4.78, 5) is 17.1. The molecule has 2 fully saturated rings. The molecule has 2 aliphatic carbocycles. The summed E-state index contributed by atoms with van der Waals surface area (Å²) < 4.78 is 0. The second-order valence-corrected chi connectivity index (χ2v) is 8.44. The molecule has 3 aliphatic rings. The molecule has 1 saturated carbocycles. The van der Waals surface area contributed by atoms with Crippen LogP contribution in [0.5, 0.6) is 0 Å². The number of hydrogen-bond acceptors (Lipinski definition) is 3. The van der Waals surface area contributed by atoms with E-state index in [1.807, 2.05) is 4.90 Å². The van der Waals surface area contributed by atoms with Gasteiger partial charge in [0.1, 0.15) is 0 Å². The number of fused-ring (bicyclic) bond motifs is 1. The Kier molecular flexibility index (Phi) is 4.81. The molecule has 2 aromatic rings. The predicted octanol–water partition coefficient (Wildman–Crippen LogP) is 2.67. The fourth-order valence-electron chi connectivity index (χ4n) is 4.62. The molecule has 2 heterocycles. The van der Waals surface area contributed by atoms with Gasteiger partial charge in [0.15, 0.2) is 0 Å². The first kappa shape index (κ1) is 17.7. The molecular formula is C22H29N5O. The summed E-state index contributed by atoms with van der Waals surface area (Å²) in [6, 6.07) is 11.6. The number of aromatic nitrogens is 2. The number of carbonyl (C=O) groups is 1. The maximum atomic E-state index is 12.5. The Labute approximate surface area is 166 Å².